The van der Waals surface area contributed by atoms with Crippen LogP contribution < -0.4 is 20.1 Å². The second-order valence-electron chi connectivity index (χ2n) is 7.34. The van der Waals surface area contributed by atoms with E-state index in [1.54, 1.807) is 44.6 Å². The molecule has 0 unspecified atom stereocenters. The average Bonchev–Trinajstić information content (AvgIpc) is 2.78. The zero-order chi connectivity index (χ0) is 22.1. The van der Waals surface area contributed by atoms with Gasteiger partial charge in [0.2, 0.25) is 5.91 Å². The first-order valence-electron chi connectivity index (χ1n) is 10.3. The lowest BCUT2D eigenvalue weighted by atomic mass is 9.93. The molecule has 2 atom stereocenters. The Morgan fingerprint density at radius 2 is 1.77 bits per heavy atom. The molecule has 7 nitrogen and oxygen atoms in total. The van der Waals surface area contributed by atoms with Gasteiger partial charge in [-0.15, -0.1) is 0 Å². The fourth-order valence-electron chi connectivity index (χ4n) is 3.58. The van der Waals surface area contributed by atoms with Crippen LogP contribution in [-0.4, -0.2) is 38.4 Å². The van der Waals surface area contributed by atoms with E-state index in [1.807, 2.05) is 24.3 Å². The van der Waals surface area contributed by atoms with Crippen LogP contribution in [0.25, 0.3) is 6.08 Å². The Hall–Kier alpha value is -3.48. The van der Waals surface area contributed by atoms with Crippen LogP contribution in [0.15, 0.2) is 54.6 Å². The van der Waals surface area contributed by atoms with Crippen molar-refractivity contribution in [3.63, 3.8) is 0 Å². The van der Waals surface area contributed by atoms with Gasteiger partial charge < -0.3 is 19.5 Å². The zero-order valence-electron chi connectivity index (χ0n) is 17.8. The number of para-hydroxylation sites is 1. The minimum atomic E-state index is -0.475. The number of nitrogens with one attached hydrogen (secondary N) is 2. The predicted octanol–water partition coefficient (Wildman–Crippen LogP) is 4.39. The maximum atomic E-state index is 12.4. The molecule has 2 amide bonds. The average molecular weight is 424 g/mol. The van der Waals surface area contributed by atoms with Crippen LogP contribution in [0.2, 0.25) is 0 Å². The number of carbonyl (C=O) groups is 2. The number of anilines is 1. The molecule has 0 radical (unpaired) electrons. The van der Waals surface area contributed by atoms with E-state index < -0.39 is 6.09 Å². The van der Waals surface area contributed by atoms with Crippen molar-refractivity contribution in [3.05, 3.63) is 60.2 Å². The number of ether oxygens (including phenoxy) is 3. The molecule has 0 aromatic heterocycles. The molecule has 7 heteroatoms. The van der Waals surface area contributed by atoms with Gasteiger partial charge >= 0.3 is 6.09 Å². The lowest BCUT2D eigenvalue weighted by molar-refractivity contribution is -0.117. The molecular formula is C24H28N2O5. The summed E-state index contributed by atoms with van der Waals surface area (Å²) in [6.07, 6.45) is 5.64. The fraction of sp³-hybridized carbons (Fsp3) is 0.333. The Kier molecular flexibility index (Phi) is 7.92. The largest absolute Gasteiger partial charge is 0.493 e. The molecule has 2 aromatic rings. The Bertz CT molecular complexity index is 913. The van der Waals surface area contributed by atoms with Crippen LogP contribution in [-0.2, 0) is 9.53 Å². The number of amides is 2. The Labute approximate surface area is 182 Å². The van der Waals surface area contributed by atoms with Gasteiger partial charge in [-0.2, -0.15) is 0 Å². The van der Waals surface area contributed by atoms with Gasteiger partial charge in [-0.1, -0.05) is 24.3 Å². The van der Waals surface area contributed by atoms with Crippen molar-refractivity contribution in [1.82, 2.24) is 5.32 Å². The maximum absolute atomic E-state index is 12.4. The van der Waals surface area contributed by atoms with Gasteiger partial charge in [0.25, 0.3) is 0 Å². The normalized spacial score (nSPS) is 18.3. The molecule has 3 rings (SSSR count). The quantitative estimate of drug-likeness (QED) is 0.644. The number of hydrogen-bond donors (Lipinski definition) is 2. The minimum Gasteiger partial charge on any atom is -0.493 e. The Morgan fingerprint density at radius 1 is 1.00 bits per heavy atom. The van der Waals surface area contributed by atoms with E-state index in [0.717, 1.165) is 24.8 Å². The van der Waals surface area contributed by atoms with E-state index in [9.17, 15) is 9.59 Å². The molecule has 0 heterocycles. The Balaban J connectivity index is 1.48. The van der Waals surface area contributed by atoms with E-state index in [2.05, 4.69) is 10.6 Å². The highest BCUT2D eigenvalue weighted by atomic mass is 16.6. The van der Waals surface area contributed by atoms with Crippen molar-refractivity contribution in [3.8, 4) is 11.5 Å². The molecule has 0 saturated heterocycles. The van der Waals surface area contributed by atoms with E-state index in [0.29, 0.717) is 23.6 Å². The van der Waals surface area contributed by atoms with Crippen LogP contribution in [0.1, 0.15) is 31.2 Å². The van der Waals surface area contributed by atoms with Gasteiger partial charge in [0.05, 0.1) is 14.2 Å². The third kappa shape index (κ3) is 6.77. The van der Waals surface area contributed by atoms with Gasteiger partial charge in [-0.05, 0) is 55.2 Å². The second-order valence-corrected chi connectivity index (χ2v) is 7.34. The molecule has 1 fully saturated rings. The number of carbonyl (C=O) groups excluding carboxylic acids is 2. The van der Waals surface area contributed by atoms with Crippen molar-refractivity contribution in [2.75, 3.05) is 19.5 Å². The van der Waals surface area contributed by atoms with Crippen molar-refractivity contribution in [1.29, 1.82) is 0 Å². The van der Waals surface area contributed by atoms with Crippen LogP contribution >= 0.6 is 0 Å². The van der Waals surface area contributed by atoms with Crippen molar-refractivity contribution >= 4 is 23.8 Å². The standard InChI is InChI=1S/C24H28N2O5/c1-29-21-13-11-17(15-22(21)30-2)12-14-23(27)25-19-9-6-10-20(16-19)31-24(28)26-18-7-4-3-5-8-18/h3-5,7-8,11-15,19-20H,6,9-10,16H2,1-2H3,(H,25,27)(H,26,28)/b14-12+/t19-,20+/m0/s1. The van der Waals surface area contributed by atoms with Gasteiger partial charge in [-0.25, -0.2) is 4.79 Å². The van der Waals surface area contributed by atoms with Crippen molar-refractivity contribution in [2.24, 2.45) is 0 Å². The molecule has 1 aliphatic rings. The second kappa shape index (κ2) is 11.1. The summed E-state index contributed by atoms with van der Waals surface area (Å²) in [5.74, 6) is 1.05. The summed E-state index contributed by atoms with van der Waals surface area (Å²) < 4.78 is 16.0. The van der Waals surface area contributed by atoms with E-state index in [4.69, 9.17) is 14.2 Å². The molecule has 1 aliphatic carbocycles. The third-order valence-electron chi connectivity index (χ3n) is 5.10. The van der Waals surface area contributed by atoms with Crippen molar-refractivity contribution in [2.45, 2.75) is 37.8 Å². The number of hydrogen-bond acceptors (Lipinski definition) is 5. The number of rotatable bonds is 7. The fourth-order valence-corrected chi connectivity index (χ4v) is 3.58. The lowest BCUT2D eigenvalue weighted by Gasteiger charge is -2.29. The first-order chi connectivity index (χ1) is 15.1. The number of methoxy groups -OCH3 is 2. The van der Waals surface area contributed by atoms with Gasteiger partial charge in [-0.3, -0.25) is 10.1 Å². The summed E-state index contributed by atoms with van der Waals surface area (Å²) in [6.45, 7) is 0. The van der Waals surface area contributed by atoms with E-state index >= 15 is 0 Å². The molecule has 2 aromatic carbocycles. The van der Waals surface area contributed by atoms with Crippen LogP contribution in [0.3, 0.4) is 0 Å². The summed E-state index contributed by atoms with van der Waals surface area (Å²) in [7, 11) is 3.15. The van der Waals surface area contributed by atoms with E-state index in [1.165, 1.54) is 6.08 Å². The monoisotopic (exact) mass is 424 g/mol. The topological polar surface area (TPSA) is 85.9 Å². The van der Waals surface area contributed by atoms with Crippen molar-refractivity contribution < 1.29 is 23.8 Å². The summed E-state index contributed by atoms with van der Waals surface area (Å²) in [5.41, 5.74) is 1.52. The molecular weight excluding hydrogens is 396 g/mol. The van der Waals surface area contributed by atoms with Gasteiger partial charge in [0.1, 0.15) is 6.10 Å². The zero-order valence-corrected chi connectivity index (χ0v) is 17.8. The minimum absolute atomic E-state index is 0.0363. The molecule has 31 heavy (non-hydrogen) atoms. The smallest absolute Gasteiger partial charge is 0.411 e. The van der Waals surface area contributed by atoms with Crippen LogP contribution in [0.5, 0.6) is 11.5 Å². The Morgan fingerprint density at radius 3 is 2.52 bits per heavy atom. The molecule has 164 valence electrons. The number of benzene rings is 2. The first kappa shape index (κ1) is 22.2. The highest BCUT2D eigenvalue weighted by molar-refractivity contribution is 5.92. The lowest BCUT2D eigenvalue weighted by Crippen LogP contribution is -2.40. The molecule has 2 N–H and O–H groups in total. The molecule has 0 spiro atoms. The van der Waals surface area contributed by atoms with Crippen LogP contribution in [0.4, 0.5) is 10.5 Å². The highest BCUT2D eigenvalue weighted by Crippen LogP contribution is 2.28. The summed E-state index contributed by atoms with van der Waals surface area (Å²) >= 11 is 0. The van der Waals surface area contributed by atoms with Crippen LogP contribution in [0, 0.1) is 0 Å². The molecule has 0 bridgehead atoms. The highest BCUT2D eigenvalue weighted by Gasteiger charge is 2.25. The summed E-state index contributed by atoms with van der Waals surface area (Å²) in [5, 5.41) is 5.72. The van der Waals surface area contributed by atoms with E-state index in [-0.39, 0.29) is 18.1 Å². The first-order valence-corrected chi connectivity index (χ1v) is 10.3. The summed E-state index contributed by atoms with van der Waals surface area (Å²) in [6, 6.07) is 14.6. The van der Waals surface area contributed by atoms with Gasteiger partial charge in [0.15, 0.2) is 11.5 Å². The molecule has 1 saturated carbocycles. The van der Waals surface area contributed by atoms with Gasteiger partial charge in [0, 0.05) is 24.2 Å². The SMILES string of the molecule is COc1ccc(/C=C/C(=O)N[C@H]2CCC[C@@H](OC(=O)Nc3ccccc3)C2)cc1OC. The molecule has 0 aliphatic heterocycles. The summed E-state index contributed by atoms with van der Waals surface area (Å²) in [4.78, 5) is 24.5. The predicted molar refractivity (Wildman–Crippen MR) is 119 cm³/mol. The third-order valence-corrected chi connectivity index (χ3v) is 5.10. The maximum Gasteiger partial charge on any atom is 0.411 e.